The van der Waals surface area contributed by atoms with Crippen molar-refractivity contribution >= 4 is 46.1 Å². The Hall–Kier alpha value is -5.44. The van der Waals surface area contributed by atoms with E-state index in [9.17, 15) is 14.4 Å². The number of aromatic nitrogens is 4. The second-order valence-corrected chi connectivity index (χ2v) is 14.9. The number of aliphatic imine (C=N–C) groups is 1. The van der Waals surface area contributed by atoms with Crippen LogP contribution in [0.4, 0.5) is 0 Å². The lowest BCUT2D eigenvalue weighted by Crippen LogP contribution is -2.44. The Morgan fingerprint density at radius 2 is 1.85 bits per heavy atom. The number of carbonyl (C=O) groups excluding carboxylic acids is 3. The van der Waals surface area contributed by atoms with E-state index in [1.54, 1.807) is 22.4 Å². The average Bonchev–Trinajstić information content (AvgIpc) is 3.76. The van der Waals surface area contributed by atoms with Crippen molar-refractivity contribution in [3.05, 3.63) is 121 Å². The van der Waals surface area contributed by atoms with Crippen molar-refractivity contribution in [2.24, 2.45) is 4.99 Å². The van der Waals surface area contributed by atoms with Crippen LogP contribution in [-0.2, 0) is 29.1 Å². The number of fused-ring (bicyclic) bond motifs is 4. The van der Waals surface area contributed by atoms with E-state index in [0.717, 1.165) is 74.3 Å². The lowest BCUT2D eigenvalue weighted by molar-refractivity contribution is -0.133. The van der Waals surface area contributed by atoms with E-state index >= 15 is 0 Å². The van der Waals surface area contributed by atoms with Gasteiger partial charge in [-0.05, 0) is 98.4 Å². The first kappa shape index (κ1) is 34.6. The summed E-state index contributed by atoms with van der Waals surface area (Å²) in [7, 11) is 0. The van der Waals surface area contributed by atoms with Crippen molar-refractivity contribution in [2.45, 2.75) is 71.5 Å². The third kappa shape index (κ3) is 6.80. The maximum Gasteiger partial charge on any atom is 0.255 e. The van der Waals surface area contributed by atoms with Crippen LogP contribution in [-0.4, -0.2) is 60.5 Å². The van der Waals surface area contributed by atoms with E-state index in [2.05, 4.69) is 44.6 Å². The highest BCUT2D eigenvalue weighted by molar-refractivity contribution is 7.15. The summed E-state index contributed by atoms with van der Waals surface area (Å²) in [6, 6.07) is 16.8. The zero-order chi connectivity index (χ0) is 36.6. The number of carbonyl (C=O) groups is 3. The van der Waals surface area contributed by atoms with Gasteiger partial charge in [0, 0.05) is 34.7 Å². The molecule has 0 bridgehead atoms. The van der Waals surface area contributed by atoms with E-state index in [1.165, 1.54) is 0 Å². The third-order valence-electron chi connectivity index (χ3n) is 10.0. The predicted octanol–water partition coefficient (Wildman–Crippen LogP) is 6.79. The Morgan fingerprint density at radius 1 is 1.00 bits per heavy atom. The van der Waals surface area contributed by atoms with Crippen molar-refractivity contribution < 1.29 is 19.1 Å². The van der Waals surface area contributed by atoms with E-state index in [0.29, 0.717) is 54.6 Å². The van der Waals surface area contributed by atoms with Crippen LogP contribution in [0, 0.1) is 25.7 Å². The molecule has 266 valence electrons. The molecular weight excluding hydrogens is 708 g/mol. The SMILES string of the molecule is Cc1c(C#Cc2ccc(OCCCCc3cccc4c3CN(C3CCC(=O)CC3=O)C4=O)cn2)sc2c1C(c1ccc(Cl)cc1)=NCc1nnc(C)n1-2. The maximum atomic E-state index is 13.2. The average molecular weight is 743 g/mol. The number of unbranched alkanes of at least 4 members (excludes halogenated alkanes) is 1. The monoisotopic (exact) mass is 742 g/mol. The number of amides is 1. The molecule has 1 unspecified atom stereocenters. The number of aryl methyl sites for hydroxylation is 2. The van der Waals surface area contributed by atoms with Gasteiger partial charge in [-0.25, -0.2) is 4.98 Å². The molecule has 1 fully saturated rings. The number of thiophene rings is 1. The number of nitrogens with zero attached hydrogens (tertiary/aromatic N) is 6. The van der Waals surface area contributed by atoms with E-state index in [4.69, 9.17) is 21.3 Å². The zero-order valence-electron chi connectivity index (χ0n) is 29.3. The molecule has 53 heavy (non-hydrogen) atoms. The number of hydrogen-bond acceptors (Lipinski definition) is 9. The molecule has 0 N–H and O–H groups in total. The van der Waals surface area contributed by atoms with Gasteiger partial charge in [0.05, 0.1) is 35.9 Å². The summed E-state index contributed by atoms with van der Waals surface area (Å²) in [5, 5.41) is 10.4. The summed E-state index contributed by atoms with van der Waals surface area (Å²) in [5.74, 6) is 8.53. The standard InChI is InChI=1S/C41H35ClN6O4S/c1-24-36(53-41-38(24)39(27-9-11-28(42)12-10-27)44-22-37-46-45-25(2)48(37)41)18-14-29-13-16-31(21-43-29)52-19-4-3-6-26-7-5-8-32-33(26)23-47(40(32)51)34-17-15-30(49)20-35(34)50/h5,7-13,16,21,34H,3-4,6,15,17,19-20,22-23H2,1-2H3. The summed E-state index contributed by atoms with van der Waals surface area (Å²) in [5.41, 5.74) is 7.32. The minimum absolute atomic E-state index is 0.0410. The number of rotatable bonds is 8. The van der Waals surface area contributed by atoms with Crippen LogP contribution >= 0.6 is 22.9 Å². The van der Waals surface area contributed by atoms with Crippen LogP contribution in [0.15, 0.2) is 65.8 Å². The topological polar surface area (TPSA) is 120 Å². The van der Waals surface area contributed by atoms with Gasteiger partial charge in [-0.3, -0.25) is 23.9 Å². The molecule has 0 saturated heterocycles. The molecule has 0 spiro atoms. The van der Waals surface area contributed by atoms with E-state index in [-0.39, 0.29) is 23.9 Å². The fourth-order valence-electron chi connectivity index (χ4n) is 7.26. The molecule has 1 atom stereocenters. The smallest absolute Gasteiger partial charge is 0.255 e. The Labute approximate surface area is 315 Å². The fraction of sp³-hybridized carbons (Fsp3) is 0.293. The number of benzene rings is 2. The van der Waals surface area contributed by atoms with Gasteiger partial charge in [-0.15, -0.1) is 21.5 Å². The molecule has 3 aliphatic rings. The van der Waals surface area contributed by atoms with Crippen LogP contribution < -0.4 is 4.74 Å². The largest absolute Gasteiger partial charge is 0.492 e. The lowest BCUT2D eigenvalue weighted by atomic mass is 9.92. The van der Waals surface area contributed by atoms with Gasteiger partial charge in [0.1, 0.15) is 34.6 Å². The first-order valence-electron chi connectivity index (χ1n) is 17.7. The quantitative estimate of drug-likeness (QED) is 0.0976. The highest BCUT2D eigenvalue weighted by Gasteiger charge is 2.39. The summed E-state index contributed by atoms with van der Waals surface area (Å²) in [4.78, 5) is 49.5. The van der Waals surface area contributed by atoms with Crippen LogP contribution in [0.1, 0.15) is 92.5 Å². The minimum atomic E-state index is -0.507. The van der Waals surface area contributed by atoms with Crippen LogP contribution in [0.3, 0.4) is 0 Å². The Morgan fingerprint density at radius 3 is 2.64 bits per heavy atom. The summed E-state index contributed by atoms with van der Waals surface area (Å²) >= 11 is 7.79. The van der Waals surface area contributed by atoms with Gasteiger partial charge in [-0.1, -0.05) is 35.9 Å². The summed E-state index contributed by atoms with van der Waals surface area (Å²) in [6.07, 6.45) is 4.89. The lowest BCUT2D eigenvalue weighted by Gasteiger charge is -2.29. The van der Waals surface area contributed by atoms with Gasteiger partial charge in [0.2, 0.25) is 0 Å². The molecule has 2 aromatic carbocycles. The van der Waals surface area contributed by atoms with Crippen LogP contribution in [0.2, 0.25) is 5.02 Å². The Balaban J connectivity index is 0.895. The highest BCUT2D eigenvalue weighted by atomic mass is 35.5. The number of pyridine rings is 1. The first-order chi connectivity index (χ1) is 25.7. The molecular formula is C41H35ClN6O4S. The minimum Gasteiger partial charge on any atom is -0.492 e. The van der Waals surface area contributed by atoms with Crippen molar-refractivity contribution in [2.75, 3.05) is 6.61 Å². The molecule has 5 aromatic rings. The number of ether oxygens (including phenoxy) is 1. The Bertz CT molecular complexity index is 2370. The number of halogens is 1. The third-order valence-corrected chi connectivity index (χ3v) is 11.5. The van der Waals surface area contributed by atoms with Gasteiger partial charge < -0.3 is 9.64 Å². The molecule has 1 aliphatic carbocycles. The van der Waals surface area contributed by atoms with Crippen molar-refractivity contribution in [1.29, 1.82) is 0 Å². The fourth-order valence-corrected chi connectivity index (χ4v) is 8.62. The molecule has 1 saturated carbocycles. The normalized spacial score (nSPS) is 16.4. The molecule has 10 nitrogen and oxygen atoms in total. The predicted molar refractivity (Wildman–Crippen MR) is 202 cm³/mol. The molecule has 1 amide bonds. The highest BCUT2D eigenvalue weighted by Crippen LogP contribution is 2.37. The second-order valence-electron chi connectivity index (χ2n) is 13.5. The number of hydrogen-bond donors (Lipinski definition) is 0. The van der Waals surface area contributed by atoms with Crippen LogP contribution in [0.5, 0.6) is 5.75 Å². The van der Waals surface area contributed by atoms with Crippen molar-refractivity contribution in [1.82, 2.24) is 24.6 Å². The van der Waals surface area contributed by atoms with Gasteiger partial charge in [0.15, 0.2) is 11.6 Å². The maximum absolute atomic E-state index is 13.2. The summed E-state index contributed by atoms with van der Waals surface area (Å²) in [6.45, 7) is 5.39. The van der Waals surface area contributed by atoms with E-state index < -0.39 is 6.04 Å². The van der Waals surface area contributed by atoms with Gasteiger partial charge in [0.25, 0.3) is 5.91 Å². The molecule has 5 heterocycles. The molecule has 3 aromatic heterocycles. The van der Waals surface area contributed by atoms with Gasteiger partial charge >= 0.3 is 0 Å². The Kier molecular flexibility index (Phi) is 9.49. The molecule has 2 aliphatic heterocycles. The van der Waals surface area contributed by atoms with Crippen molar-refractivity contribution in [3.8, 4) is 22.6 Å². The first-order valence-corrected chi connectivity index (χ1v) is 18.9. The second kappa shape index (κ2) is 14.5. The molecule has 0 radical (unpaired) electrons. The number of ketones is 2. The van der Waals surface area contributed by atoms with E-state index in [1.807, 2.05) is 55.5 Å². The number of Topliss-reactive ketones (excluding diaryl/α,β-unsaturated/α-hetero) is 2. The van der Waals surface area contributed by atoms with Gasteiger partial charge in [-0.2, -0.15) is 0 Å². The van der Waals surface area contributed by atoms with Crippen LogP contribution in [0.25, 0.3) is 5.00 Å². The van der Waals surface area contributed by atoms with Crippen molar-refractivity contribution in [3.63, 3.8) is 0 Å². The summed E-state index contributed by atoms with van der Waals surface area (Å²) < 4.78 is 8.07. The molecule has 12 heteroatoms. The zero-order valence-corrected chi connectivity index (χ0v) is 30.9. The molecule has 8 rings (SSSR count).